The lowest BCUT2D eigenvalue weighted by Crippen LogP contribution is -2.48. The van der Waals surface area contributed by atoms with Gasteiger partial charge in [-0.15, -0.1) is 0 Å². The van der Waals surface area contributed by atoms with E-state index in [1.165, 1.54) is 17.2 Å². The molecular weight excluding hydrogens is 419 g/mol. The number of benzene rings is 1. The highest BCUT2D eigenvalue weighted by atomic mass is 79.9. The number of carbonyl (C=O) groups excluding carboxylic acids is 1. The van der Waals surface area contributed by atoms with Gasteiger partial charge < -0.3 is 20.6 Å². The fraction of sp³-hybridized carbons (Fsp3) is 0.267. The molecular formula is C15H13BrClFN4O3. The minimum atomic E-state index is -1.01. The standard InChI is InChI=1S/C15H13BrClFN4O3/c16-10-9(17)5-7-12(11(10)18)20-6-8(14(19)23)13(7)21-1-3-22(4-2-21)15(24)25/h5-6H,1-4H2,(H2,19,23)(H,24,25). The molecule has 3 N–H and O–H groups in total. The first-order chi connectivity index (χ1) is 11.8. The molecule has 1 aromatic heterocycles. The van der Waals surface area contributed by atoms with E-state index in [-0.39, 0.29) is 33.7 Å². The van der Waals surface area contributed by atoms with Crippen molar-refractivity contribution in [2.75, 3.05) is 31.1 Å². The number of hydrogen-bond donors (Lipinski definition) is 2. The fourth-order valence-corrected chi connectivity index (χ4v) is 3.36. The van der Waals surface area contributed by atoms with Crippen LogP contribution in [0.15, 0.2) is 16.7 Å². The van der Waals surface area contributed by atoms with Crippen LogP contribution in [0.2, 0.25) is 5.02 Å². The van der Waals surface area contributed by atoms with E-state index in [0.29, 0.717) is 24.2 Å². The second-order valence-corrected chi connectivity index (χ2v) is 6.72. The molecule has 0 radical (unpaired) electrons. The molecule has 0 saturated carbocycles. The van der Waals surface area contributed by atoms with Crippen molar-refractivity contribution < 1.29 is 19.1 Å². The molecule has 1 fully saturated rings. The smallest absolute Gasteiger partial charge is 0.407 e. The Morgan fingerprint density at radius 3 is 2.52 bits per heavy atom. The molecule has 0 atom stereocenters. The Hall–Kier alpha value is -2.13. The zero-order valence-electron chi connectivity index (χ0n) is 12.8. The predicted molar refractivity (Wildman–Crippen MR) is 94.7 cm³/mol. The molecule has 1 aromatic carbocycles. The summed E-state index contributed by atoms with van der Waals surface area (Å²) >= 11 is 9.13. The summed E-state index contributed by atoms with van der Waals surface area (Å²) in [7, 11) is 0. The van der Waals surface area contributed by atoms with Gasteiger partial charge >= 0.3 is 6.09 Å². The predicted octanol–water partition coefficient (Wildman–Crippen LogP) is 2.69. The maximum absolute atomic E-state index is 14.5. The van der Waals surface area contributed by atoms with Gasteiger partial charge in [0.25, 0.3) is 5.91 Å². The van der Waals surface area contributed by atoms with E-state index in [1.807, 2.05) is 0 Å². The number of rotatable bonds is 2. The number of hydrogen-bond acceptors (Lipinski definition) is 4. The van der Waals surface area contributed by atoms with Gasteiger partial charge in [0.15, 0.2) is 5.82 Å². The topological polar surface area (TPSA) is 99.8 Å². The number of nitrogens with zero attached hydrogens (tertiary/aromatic N) is 3. The van der Waals surface area contributed by atoms with Gasteiger partial charge in [-0.3, -0.25) is 9.78 Å². The Balaban J connectivity index is 2.16. The van der Waals surface area contributed by atoms with Gasteiger partial charge in [0.2, 0.25) is 0 Å². The van der Waals surface area contributed by atoms with E-state index in [9.17, 15) is 14.0 Å². The minimum absolute atomic E-state index is 0.0527. The number of anilines is 1. The highest BCUT2D eigenvalue weighted by molar-refractivity contribution is 9.10. The van der Waals surface area contributed by atoms with Gasteiger partial charge in [0, 0.05) is 37.8 Å². The molecule has 2 heterocycles. The molecule has 25 heavy (non-hydrogen) atoms. The van der Waals surface area contributed by atoms with Crippen LogP contribution in [-0.4, -0.2) is 53.2 Å². The third kappa shape index (κ3) is 3.09. The number of aromatic nitrogens is 1. The number of nitrogens with two attached hydrogens (primary N) is 1. The van der Waals surface area contributed by atoms with Crippen molar-refractivity contribution in [2.45, 2.75) is 0 Å². The molecule has 7 nitrogen and oxygen atoms in total. The number of pyridine rings is 1. The fourth-order valence-electron chi connectivity index (χ4n) is 2.87. The van der Waals surface area contributed by atoms with Crippen molar-refractivity contribution in [3.05, 3.63) is 33.1 Å². The van der Waals surface area contributed by atoms with E-state index in [0.717, 1.165) is 0 Å². The highest BCUT2D eigenvalue weighted by Gasteiger charge is 2.26. The number of amides is 2. The van der Waals surface area contributed by atoms with Crippen molar-refractivity contribution in [1.82, 2.24) is 9.88 Å². The number of primary amides is 1. The number of halogens is 3. The number of piperazine rings is 1. The zero-order valence-corrected chi connectivity index (χ0v) is 15.1. The van der Waals surface area contributed by atoms with Crippen molar-refractivity contribution in [3.63, 3.8) is 0 Å². The molecule has 1 aliphatic rings. The third-order valence-corrected chi connectivity index (χ3v) is 5.40. The van der Waals surface area contributed by atoms with Crippen molar-refractivity contribution in [2.24, 2.45) is 5.73 Å². The van der Waals surface area contributed by atoms with Crippen molar-refractivity contribution in [1.29, 1.82) is 0 Å². The maximum Gasteiger partial charge on any atom is 0.407 e. The Morgan fingerprint density at radius 2 is 1.96 bits per heavy atom. The van der Waals surface area contributed by atoms with E-state index in [4.69, 9.17) is 22.4 Å². The molecule has 0 spiro atoms. The summed E-state index contributed by atoms with van der Waals surface area (Å²) in [6.07, 6.45) is 0.222. The molecule has 2 aromatic rings. The lowest BCUT2D eigenvalue weighted by Gasteiger charge is -2.36. The van der Waals surface area contributed by atoms with Gasteiger partial charge in [-0.25, -0.2) is 9.18 Å². The van der Waals surface area contributed by atoms with Crippen LogP contribution >= 0.6 is 27.5 Å². The normalized spacial score (nSPS) is 14.8. The average molecular weight is 432 g/mol. The Labute approximate surface area is 155 Å². The van der Waals surface area contributed by atoms with Gasteiger partial charge in [-0.1, -0.05) is 11.6 Å². The largest absolute Gasteiger partial charge is 0.465 e. The molecule has 2 amide bonds. The molecule has 10 heteroatoms. The van der Waals surface area contributed by atoms with Crippen LogP contribution in [0.1, 0.15) is 10.4 Å². The van der Waals surface area contributed by atoms with Gasteiger partial charge in [0.05, 0.1) is 20.7 Å². The Kier molecular flexibility index (Phi) is 4.70. The van der Waals surface area contributed by atoms with Crippen LogP contribution in [0.3, 0.4) is 0 Å². The van der Waals surface area contributed by atoms with Crippen molar-refractivity contribution in [3.8, 4) is 0 Å². The minimum Gasteiger partial charge on any atom is -0.465 e. The lowest BCUT2D eigenvalue weighted by atomic mass is 10.1. The third-order valence-electron chi connectivity index (χ3n) is 4.10. The molecule has 0 aliphatic carbocycles. The van der Waals surface area contributed by atoms with Crippen molar-refractivity contribution >= 4 is 56.1 Å². The van der Waals surface area contributed by atoms with E-state index < -0.39 is 17.8 Å². The molecule has 0 unspecified atom stereocenters. The molecule has 3 rings (SSSR count). The van der Waals surface area contributed by atoms with Crippen LogP contribution in [-0.2, 0) is 0 Å². The summed E-state index contributed by atoms with van der Waals surface area (Å²) < 4.78 is 14.6. The molecule has 132 valence electrons. The molecule has 1 aliphatic heterocycles. The van der Waals surface area contributed by atoms with Gasteiger partial charge in [0.1, 0.15) is 5.52 Å². The summed E-state index contributed by atoms with van der Waals surface area (Å²) in [5.74, 6) is -1.34. The number of fused-ring (bicyclic) bond motifs is 1. The second kappa shape index (κ2) is 6.64. The van der Waals surface area contributed by atoms with Crippen LogP contribution in [0, 0.1) is 5.82 Å². The first-order valence-corrected chi connectivity index (χ1v) is 8.47. The molecule has 1 saturated heterocycles. The van der Waals surface area contributed by atoms with E-state index in [2.05, 4.69) is 20.9 Å². The number of carbonyl (C=O) groups is 2. The SMILES string of the molecule is NC(=O)c1cnc2c(F)c(Br)c(Cl)cc2c1N1CCN(C(=O)O)CC1. The average Bonchev–Trinajstić information content (AvgIpc) is 2.58. The summed E-state index contributed by atoms with van der Waals surface area (Å²) in [5.41, 5.74) is 6.05. The first kappa shape index (κ1) is 17.7. The molecule has 0 bridgehead atoms. The second-order valence-electron chi connectivity index (χ2n) is 5.52. The van der Waals surface area contributed by atoms with Crippen LogP contribution in [0.25, 0.3) is 10.9 Å². The van der Waals surface area contributed by atoms with Gasteiger partial charge in [-0.2, -0.15) is 0 Å². The van der Waals surface area contributed by atoms with E-state index in [1.54, 1.807) is 4.90 Å². The highest BCUT2D eigenvalue weighted by Crippen LogP contribution is 2.37. The Bertz CT molecular complexity index is 887. The van der Waals surface area contributed by atoms with Crippen LogP contribution < -0.4 is 10.6 Å². The van der Waals surface area contributed by atoms with Crippen LogP contribution in [0.4, 0.5) is 14.9 Å². The summed E-state index contributed by atoms with van der Waals surface area (Å²) in [6, 6.07) is 1.52. The Morgan fingerprint density at radius 1 is 1.32 bits per heavy atom. The summed E-state index contributed by atoms with van der Waals surface area (Å²) in [4.78, 5) is 30.0. The van der Waals surface area contributed by atoms with Crippen LogP contribution in [0.5, 0.6) is 0 Å². The summed E-state index contributed by atoms with van der Waals surface area (Å²) in [6.45, 7) is 1.18. The zero-order chi connectivity index (χ0) is 18.3. The first-order valence-electron chi connectivity index (χ1n) is 7.30. The quantitative estimate of drug-likeness (QED) is 0.712. The number of carboxylic acid groups (broad SMARTS) is 1. The lowest BCUT2D eigenvalue weighted by molar-refractivity contribution is 0.0999. The maximum atomic E-state index is 14.5. The summed E-state index contributed by atoms with van der Waals surface area (Å²) in [5, 5.41) is 9.55. The monoisotopic (exact) mass is 430 g/mol. The van der Waals surface area contributed by atoms with Gasteiger partial charge in [-0.05, 0) is 22.0 Å². The van der Waals surface area contributed by atoms with E-state index >= 15 is 0 Å².